The molecule has 0 aromatic heterocycles. The molecule has 68 valence electrons. The van der Waals surface area contributed by atoms with Crippen LogP contribution in [0.25, 0.3) is 0 Å². The molecule has 12 heavy (non-hydrogen) atoms. The summed E-state index contributed by atoms with van der Waals surface area (Å²) in [5.74, 6) is -0.495. The van der Waals surface area contributed by atoms with Gasteiger partial charge in [-0.3, -0.25) is 4.79 Å². The van der Waals surface area contributed by atoms with Gasteiger partial charge in [0.1, 0.15) is 0 Å². The van der Waals surface area contributed by atoms with Crippen molar-refractivity contribution in [2.45, 2.75) is 19.1 Å². The van der Waals surface area contributed by atoms with Gasteiger partial charge in [-0.25, -0.2) is 0 Å². The summed E-state index contributed by atoms with van der Waals surface area (Å²) < 4.78 is 10.5. The van der Waals surface area contributed by atoms with E-state index in [9.17, 15) is 4.79 Å². The Kier molecular flexibility index (Phi) is 2.65. The first-order valence-electron chi connectivity index (χ1n) is 3.97. The van der Waals surface area contributed by atoms with E-state index in [0.717, 1.165) is 0 Å². The van der Waals surface area contributed by atoms with Crippen LogP contribution in [0.3, 0.4) is 0 Å². The summed E-state index contributed by atoms with van der Waals surface area (Å²) in [4.78, 5) is 11.0. The van der Waals surface area contributed by atoms with E-state index in [0.29, 0.717) is 6.42 Å². The average molecular weight is 170 g/mol. The second kappa shape index (κ2) is 3.37. The highest BCUT2D eigenvalue weighted by molar-refractivity contribution is 5.91. The molecule has 1 unspecified atom stereocenters. The van der Waals surface area contributed by atoms with E-state index >= 15 is 0 Å². The Balaban J connectivity index is 2.88. The minimum Gasteiger partial charge on any atom is -0.349 e. The minimum atomic E-state index is -0.700. The highest BCUT2D eigenvalue weighted by Gasteiger charge is 2.37. The van der Waals surface area contributed by atoms with Crippen molar-refractivity contribution in [1.82, 2.24) is 0 Å². The number of carbonyl (C=O) groups is 1. The van der Waals surface area contributed by atoms with Crippen molar-refractivity contribution in [2.75, 3.05) is 14.2 Å². The van der Waals surface area contributed by atoms with Gasteiger partial charge in [0.2, 0.25) is 0 Å². The molecular formula is C9H14O3. The quantitative estimate of drug-likeness (QED) is 0.583. The Bertz CT molecular complexity index is 204. The topological polar surface area (TPSA) is 35.5 Å². The maximum Gasteiger partial charge on any atom is 0.190 e. The van der Waals surface area contributed by atoms with Crippen LogP contribution in [0.1, 0.15) is 13.3 Å². The summed E-state index contributed by atoms with van der Waals surface area (Å²) in [6.45, 7) is 1.94. The molecule has 0 aromatic rings. The van der Waals surface area contributed by atoms with Crippen molar-refractivity contribution in [3.8, 4) is 0 Å². The van der Waals surface area contributed by atoms with Crippen molar-refractivity contribution in [3.63, 3.8) is 0 Å². The van der Waals surface area contributed by atoms with Crippen LogP contribution in [0.2, 0.25) is 0 Å². The fourth-order valence-electron chi connectivity index (χ4n) is 1.51. The molecule has 1 aliphatic carbocycles. The molecule has 0 aromatic carbocycles. The van der Waals surface area contributed by atoms with Crippen molar-refractivity contribution in [3.05, 3.63) is 12.2 Å². The van der Waals surface area contributed by atoms with E-state index in [1.54, 1.807) is 20.3 Å². The lowest BCUT2D eigenvalue weighted by Gasteiger charge is -2.35. The van der Waals surface area contributed by atoms with Crippen molar-refractivity contribution < 1.29 is 14.3 Å². The number of methoxy groups -OCH3 is 2. The first-order chi connectivity index (χ1) is 5.64. The monoisotopic (exact) mass is 170 g/mol. The summed E-state index contributed by atoms with van der Waals surface area (Å²) >= 11 is 0. The van der Waals surface area contributed by atoms with E-state index < -0.39 is 5.79 Å². The van der Waals surface area contributed by atoms with Crippen LogP contribution in [0.5, 0.6) is 0 Å². The first-order valence-corrected chi connectivity index (χ1v) is 3.97. The molecular weight excluding hydrogens is 156 g/mol. The van der Waals surface area contributed by atoms with Crippen LogP contribution in [0.15, 0.2) is 12.2 Å². The van der Waals surface area contributed by atoms with E-state index in [1.807, 2.05) is 6.92 Å². The summed E-state index contributed by atoms with van der Waals surface area (Å²) in [5, 5.41) is 0. The van der Waals surface area contributed by atoms with E-state index in [1.165, 1.54) is 6.08 Å². The first kappa shape index (κ1) is 9.42. The third-order valence-corrected chi connectivity index (χ3v) is 2.33. The van der Waals surface area contributed by atoms with Gasteiger partial charge in [0, 0.05) is 26.6 Å². The van der Waals surface area contributed by atoms with E-state index in [4.69, 9.17) is 9.47 Å². The maximum absolute atomic E-state index is 11.0. The number of carbonyl (C=O) groups excluding carboxylic acids is 1. The highest BCUT2D eigenvalue weighted by Crippen LogP contribution is 2.30. The lowest BCUT2D eigenvalue weighted by molar-refractivity contribution is -0.204. The van der Waals surface area contributed by atoms with Gasteiger partial charge in [-0.1, -0.05) is 6.92 Å². The Morgan fingerprint density at radius 1 is 1.50 bits per heavy atom. The Morgan fingerprint density at radius 3 is 2.50 bits per heavy atom. The highest BCUT2D eigenvalue weighted by atomic mass is 16.7. The van der Waals surface area contributed by atoms with Gasteiger partial charge in [0.25, 0.3) is 0 Å². The van der Waals surface area contributed by atoms with Crippen molar-refractivity contribution >= 4 is 5.78 Å². The normalized spacial score (nSPS) is 27.6. The number of ketones is 1. The molecule has 0 N–H and O–H groups in total. The zero-order chi connectivity index (χ0) is 9.19. The molecule has 1 atom stereocenters. The second-order valence-corrected chi connectivity index (χ2v) is 3.03. The van der Waals surface area contributed by atoms with E-state index in [2.05, 4.69) is 0 Å². The summed E-state index contributed by atoms with van der Waals surface area (Å²) in [6.07, 6.45) is 3.69. The molecule has 0 spiro atoms. The Labute approximate surface area is 72.4 Å². The number of ether oxygens (including phenoxy) is 2. The minimum absolute atomic E-state index is 0.0741. The molecule has 1 rings (SSSR count). The Hall–Kier alpha value is -0.670. The smallest absolute Gasteiger partial charge is 0.190 e. The van der Waals surface area contributed by atoms with Crippen LogP contribution >= 0.6 is 0 Å². The van der Waals surface area contributed by atoms with Gasteiger partial charge in [-0.2, -0.15) is 0 Å². The third kappa shape index (κ3) is 1.42. The standard InChI is InChI=1S/C9H14O3/c1-7-6-8(10)4-5-9(7,11-2)12-3/h4-5,7H,6H2,1-3H3. The molecule has 0 fully saturated rings. The van der Waals surface area contributed by atoms with Crippen molar-refractivity contribution in [1.29, 1.82) is 0 Å². The molecule has 0 amide bonds. The molecule has 0 bridgehead atoms. The number of allylic oxidation sites excluding steroid dienone is 1. The van der Waals surface area contributed by atoms with Gasteiger partial charge in [0.05, 0.1) is 0 Å². The van der Waals surface area contributed by atoms with Gasteiger partial charge in [-0.05, 0) is 12.2 Å². The van der Waals surface area contributed by atoms with Crippen LogP contribution < -0.4 is 0 Å². The molecule has 3 nitrogen and oxygen atoms in total. The summed E-state index contributed by atoms with van der Waals surface area (Å²) in [6, 6.07) is 0. The fraction of sp³-hybridized carbons (Fsp3) is 0.667. The van der Waals surface area contributed by atoms with Gasteiger partial charge < -0.3 is 9.47 Å². The zero-order valence-electron chi connectivity index (χ0n) is 7.66. The Morgan fingerprint density at radius 2 is 2.08 bits per heavy atom. The second-order valence-electron chi connectivity index (χ2n) is 3.03. The predicted molar refractivity (Wildman–Crippen MR) is 44.7 cm³/mol. The van der Waals surface area contributed by atoms with Crippen LogP contribution in [0.4, 0.5) is 0 Å². The summed E-state index contributed by atoms with van der Waals surface area (Å²) in [5.41, 5.74) is 0. The number of hydrogen-bond acceptors (Lipinski definition) is 3. The largest absolute Gasteiger partial charge is 0.349 e. The van der Waals surface area contributed by atoms with Gasteiger partial charge >= 0.3 is 0 Å². The predicted octanol–water partition coefficient (Wildman–Crippen LogP) is 1.14. The van der Waals surface area contributed by atoms with Gasteiger partial charge in [-0.15, -0.1) is 0 Å². The maximum atomic E-state index is 11.0. The fourth-order valence-corrected chi connectivity index (χ4v) is 1.51. The van der Waals surface area contributed by atoms with Crippen LogP contribution in [0, 0.1) is 5.92 Å². The zero-order valence-corrected chi connectivity index (χ0v) is 7.66. The summed E-state index contributed by atoms with van der Waals surface area (Å²) in [7, 11) is 3.17. The third-order valence-electron chi connectivity index (χ3n) is 2.33. The average Bonchev–Trinajstić information content (AvgIpc) is 2.06. The van der Waals surface area contributed by atoms with E-state index in [-0.39, 0.29) is 11.7 Å². The lowest BCUT2D eigenvalue weighted by Crippen LogP contribution is -2.41. The van der Waals surface area contributed by atoms with Crippen LogP contribution in [-0.2, 0) is 14.3 Å². The molecule has 0 radical (unpaired) electrons. The molecule has 3 heteroatoms. The molecule has 1 aliphatic rings. The van der Waals surface area contributed by atoms with Gasteiger partial charge in [0.15, 0.2) is 11.6 Å². The molecule has 0 heterocycles. The SMILES string of the molecule is COC1(OC)C=CC(=O)CC1C. The number of rotatable bonds is 2. The molecule has 0 aliphatic heterocycles. The van der Waals surface area contributed by atoms with Crippen molar-refractivity contribution in [2.24, 2.45) is 5.92 Å². The number of hydrogen-bond donors (Lipinski definition) is 0. The lowest BCUT2D eigenvalue weighted by atomic mass is 9.89. The molecule has 0 saturated heterocycles. The van der Waals surface area contributed by atoms with Crippen LogP contribution in [-0.4, -0.2) is 25.8 Å². The molecule has 0 saturated carbocycles.